The monoisotopic (exact) mass is 339 g/mol. The van der Waals surface area contributed by atoms with Gasteiger partial charge in [-0.25, -0.2) is 0 Å². The quantitative estimate of drug-likeness (QED) is 0.235. The molecule has 0 aromatic heterocycles. The molecule has 0 rings (SSSR count). The molecular formula is C21H41NO2. The molecule has 0 aliphatic rings. The molecule has 3 nitrogen and oxygen atoms in total. The third kappa shape index (κ3) is 16.0. The van der Waals surface area contributed by atoms with Crippen LogP contribution < -0.4 is 5.73 Å². The molecule has 0 aliphatic carbocycles. The van der Waals surface area contributed by atoms with Crippen molar-refractivity contribution < 1.29 is 9.90 Å². The molecule has 3 N–H and O–H groups in total. The van der Waals surface area contributed by atoms with E-state index in [9.17, 15) is 4.79 Å². The van der Waals surface area contributed by atoms with Crippen molar-refractivity contribution in [3.05, 3.63) is 12.2 Å². The van der Waals surface area contributed by atoms with Gasteiger partial charge in [0.1, 0.15) is 0 Å². The van der Waals surface area contributed by atoms with Gasteiger partial charge in [-0.2, -0.15) is 0 Å². The lowest BCUT2D eigenvalue weighted by Crippen LogP contribution is -2.15. The molecule has 0 saturated heterocycles. The summed E-state index contributed by atoms with van der Waals surface area (Å²) in [6.45, 7) is 2.85. The van der Waals surface area contributed by atoms with E-state index in [0.29, 0.717) is 6.54 Å². The fourth-order valence-corrected chi connectivity index (χ4v) is 3.04. The van der Waals surface area contributed by atoms with Crippen LogP contribution in [0.1, 0.15) is 103 Å². The second kappa shape index (κ2) is 18.5. The molecule has 0 radical (unpaired) electrons. The largest absolute Gasteiger partial charge is 0.481 e. The Bertz CT molecular complexity index is 302. The standard InChI is InChI=1S/C21H41NO2/c1-2-3-4-5-6-7-8-9-10-11-12-13-14-15-17-20(21(23)24)18-16-19-22/h9-10,20H,2-8,11-19,22H2,1H3,(H,23,24)/b10-9-. The van der Waals surface area contributed by atoms with Gasteiger partial charge in [0.05, 0.1) is 5.92 Å². The SMILES string of the molecule is CCCCCCCC/C=C\CCCCCCC(CCCN)C(=O)O. The molecule has 1 atom stereocenters. The van der Waals surface area contributed by atoms with E-state index in [1.165, 1.54) is 64.2 Å². The highest BCUT2D eigenvalue weighted by Crippen LogP contribution is 2.17. The molecule has 0 fully saturated rings. The van der Waals surface area contributed by atoms with Gasteiger partial charge in [0.2, 0.25) is 0 Å². The van der Waals surface area contributed by atoms with Crippen LogP contribution >= 0.6 is 0 Å². The number of hydrogen-bond donors (Lipinski definition) is 2. The predicted molar refractivity (Wildman–Crippen MR) is 104 cm³/mol. The van der Waals surface area contributed by atoms with Crippen LogP contribution in [0.3, 0.4) is 0 Å². The lowest BCUT2D eigenvalue weighted by atomic mass is 9.96. The highest BCUT2D eigenvalue weighted by Gasteiger charge is 2.15. The van der Waals surface area contributed by atoms with Gasteiger partial charge in [0, 0.05) is 0 Å². The Morgan fingerprint density at radius 3 is 1.88 bits per heavy atom. The van der Waals surface area contributed by atoms with Crippen molar-refractivity contribution in [2.45, 2.75) is 103 Å². The van der Waals surface area contributed by atoms with Crippen molar-refractivity contribution >= 4 is 5.97 Å². The summed E-state index contributed by atoms with van der Waals surface area (Å²) in [5.74, 6) is -0.841. The zero-order valence-corrected chi connectivity index (χ0v) is 16.0. The molecule has 0 spiro atoms. The second-order valence-corrected chi connectivity index (χ2v) is 6.99. The first-order valence-electron chi connectivity index (χ1n) is 10.3. The van der Waals surface area contributed by atoms with Gasteiger partial charge < -0.3 is 10.8 Å². The van der Waals surface area contributed by atoms with E-state index in [1.807, 2.05) is 0 Å². The maximum atomic E-state index is 11.1. The number of carboxylic acid groups (broad SMARTS) is 1. The van der Waals surface area contributed by atoms with E-state index in [1.54, 1.807) is 0 Å². The van der Waals surface area contributed by atoms with Crippen LogP contribution in [-0.4, -0.2) is 17.6 Å². The summed E-state index contributed by atoms with van der Waals surface area (Å²) >= 11 is 0. The molecule has 24 heavy (non-hydrogen) atoms. The van der Waals surface area contributed by atoms with Gasteiger partial charge in [0.25, 0.3) is 0 Å². The van der Waals surface area contributed by atoms with Gasteiger partial charge in [-0.1, -0.05) is 70.4 Å². The van der Waals surface area contributed by atoms with E-state index in [0.717, 1.165) is 32.1 Å². The van der Waals surface area contributed by atoms with E-state index in [-0.39, 0.29) is 5.92 Å². The Morgan fingerprint density at radius 1 is 0.833 bits per heavy atom. The number of nitrogens with two attached hydrogens (primary N) is 1. The number of aliphatic carboxylic acids is 1. The Morgan fingerprint density at radius 2 is 1.33 bits per heavy atom. The summed E-state index contributed by atoms with van der Waals surface area (Å²) in [6, 6.07) is 0. The van der Waals surface area contributed by atoms with Crippen molar-refractivity contribution in [2.24, 2.45) is 11.7 Å². The smallest absolute Gasteiger partial charge is 0.306 e. The number of unbranched alkanes of at least 4 members (excludes halogenated alkanes) is 10. The van der Waals surface area contributed by atoms with Crippen LogP contribution in [0.25, 0.3) is 0 Å². The predicted octanol–water partition coefficient (Wildman–Crippen LogP) is 6.07. The van der Waals surface area contributed by atoms with Crippen LogP contribution in [-0.2, 0) is 4.79 Å². The molecule has 1 unspecified atom stereocenters. The maximum absolute atomic E-state index is 11.1. The van der Waals surface area contributed by atoms with E-state index in [2.05, 4.69) is 19.1 Å². The highest BCUT2D eigenvalue weighted by molar-refractivity contribution is 5.69. The molecule has 0 heterocycles. The fraction of sp³-hybridized carbons (Fsp3) is 0.857. The number of allylic oxidation sites excluding steroid dienone is 2. The molecular weight excluding hydrogens is 298 g/mol. The summed E-state index contributed by atoms with van der Waals surface area (Å²) < 4.78 is 0. The van der Waals surface area contributed by atoms with Gasteiger partial charge in [0.15, 0.2) is 0 Å². The number of hydrogen-bond acceptors (Lipinski definition) is 2. The molecule has 0 aromatic carbocycles. The minimum atomic E-state index is -0.652. The first-order valence-corrected chi connectivity index (χ1v) is 10.3. The second-order valence-electron chi connectivity index (χ2n) is 6.99. The van der Waals surface area contributed by atoms with Gasteiger partial charge in [-0.15, -0.1) is 0 Å². The number of rotatable bonds is 18. The van der Waals surface area contributed by atoms with Crippen molar-refractivity contribution in [3.8, 4) is 0 Å². The molecule has 0 saturated carbocycles. The van der Waals surface area contributed by atoms with E-state index < -0.39 is 5.97 Å². The van der Waals surface area contributed by atoms with E-state index in [4.69, 9.17) is 10.8 Å². The molecule has 142 valence electrons. The van der Waals surface area contributed by atoms with Crippen molar-refractivity contribution in [1.82, 2.24) is 0 Å². The fourth-order valence-electron chi connectivity index (χ4n) is 3.04. The average Bonchev–Trinajstić information content (AvgIpc) is 2.57. The molecule has 0 amide bonds. The topological polar surface area (TPSA) is 63.3 Å². The number of carboxylic acids is 1. The third-order valence-electron chi connectivity index (χ3n) is 4.67. The summed E-state index contributed by atoms with van der Waals surface area (Å²) in [5, 5.41) is 9.15. The summed E-state index contributed by atoms with van der Waals surface area (Å²) in [6.07, 6.45) is 22.3. The maximum Gasteiger partial charge on any atom is 0.306 e. The summed E-state index contributed by atoms with van der Waals surface area (Å²) in [5.41, 5.74) is 5.46. The molecule has 0 bridgehead atoms. The van der Waals surface area contributed by atoms with E-state index >= 15 is 0 Å². The van der Waals surface area contributed by atoms with Crippen LogP contribution in [0.4, 0.5) is 0 Å². The lowest BCUT2D eigenvalue weighted by Gasteiger charge is -2.11. The van der Waals surface area contributed by atoms with Crippen molar-refractivity contribution in [1.29, 1.82) is 0 Å². The van der Waals surface area contributed by atoms with Crippen LogP contribution in [0.15, 0.2) is 12.2 Å². The van der Waals surface area contributed by atoms with Crippen LogP contribution in [0.5, 0.6) is 0 Å². The van der Waals surface area contributed by atoms with Gasteiger partial charge >= 0.3 is 5.97 Å². The summed E-state index contributed by atoms with van der Waals surface area (Å²) in [4.78, 5) is 11.1. The Balaban J connectivity index is 3.37. The molecule has 3 heteroatoms. The van der Waals surface area contributed by atoms with Crippen molar-refractivity contribution in [2.75, 3.05) is 6.54 Å². The first kappa shape index (κ1) is 23.2. The lowest BCUT2D eigenvalue weighted by molar-refractivity contribution is -0.142. The van der Waals surface area contributed by atoms with Crippen molar-refractivity contribution in [3.63, 3.8) is 0 Å². The minimum Gasteiger partial charge on any atom is -0.481 e. The Hall–Kier alpha value is -0.830. The van der Waals surface area contributed by atoms with Gasteiger partial charge in [-0.05, 0) is 51.5 Å². The highest BCUT2D eigenvalue weighted by atomic mass is 16.4. The third-order valence-corrected chi connectivity index (χ3v) is 4.67. The average molecular weight is 340 g/mol. The zero-order chi connectivity index (χ0) is 17.9. The first-order chi connectivity index (χ1) is 11.7. The van der Waals surface area contributed by atoms with Crippen LogP contribution in [0, 0.1) is 5.92 Å². The zero-order valence-electron chi connectivity index (χ0n) is 16.0. The summed E-state index contributed by atoms with van der Waals surface area (Å²) in [7, 11) is 0. The number of carbonyl (C=O) groups is 1. The molecule has 0 aromatic rings. The Labute approximate surface area is 150 Å². The van der Waals surface area contributed by atoms with Crippen LogP contribution in [0.2, 0.25) is 0 Å². The Kier molecular flexibility index (Phi) is 17.9. The normalized spacial score (nSPS) is 12.8. The minimum absolute atomic E-state index is 0.189. The molecule has 0 aliphatic heterocycles. The van der Waals surface area contributed by atoms with Gasteiger partial charge in [-0.3, -0.25) is 4.79 Å².